The van der Waals surface area contributed by atoms with Crippen LogP contribution in [-0.4, -0.2) is 37.6 Å². The molecule has 3 aromatic rings. The Bertz CT molecular complexity index is 996. The number of aliphatic imine (C=N–C) groups is 1. The zero-order valence-corrected chi connectivity index (χ0v) is 17.1. The maximum absolute atomic E-state index is 12.6. The normalized spacial score (nSPS) is 12.4. The first kappa shape index (κ1) is 21.3. The molecule has 0 amide bonds. The van der Waals surface area contributed by atoms with Gasteiger partial charge in [-0.2, -0.15) is 8.78 Å². The lowest BCUT2D eigenvalue weighted by molar-refractivity contribution is 0.116. The van der Waals surface area contributed by atoms with Crippen molar-refractivity contribution < 1.29 is 17.4 Å². The Labute approximate surface area is 173 Å². The summed E-state index contributed by atoms with van der Waals surface area (Å²) in [5.41, 5.74) is 2.23. The molecule has 0 aliphatic rings. The maximum atomic E-state index is 12.6. The fourth-order valence-electron chi connectivity index (χ4n) is 2.46. The van der Waals surface area contributed by atoms with Crippen LogP contribution in [0.2, 0.25) is 0 Å². The minimum absolute atomic E-state index is 0.0341. The molecular weight excluding hydrogens is 418 g/mol. The van der Waals surface area contributed by atoms with Gasteiger partial charge in [-0.25, -0.2) is 8.51 Å². The molecular formula is C19H18F2N4O2S2. The van der Waals surface area contributed by atoms with Crippen LogP contribution in [-0.2, 0) is 17.5 Å². The summed E-state index contributed by atoms with van der Waals surface area (Å²) in [4.78, 5) is 4.95. The van der Waals surface area contributed by atoms with E-state index in [-0.39, 0.29) is 5.89 Å². The predicted molar refractivity (Wildman–Crippen MR) is 111 cm³/mol. The van der Waals surface area contributed by atoms with Gasteiger partial charge in [-0.05, 0) is 36.5 Å². The van der Waals surface area contributed by atoms with Gasteiger partial charge in [0.05, 0.1) is 22.5 Å². The van der Waals surface area contributed by atoms with Crippen LogP contribution in [0.4, 0.5) is 14.5 Å². The molecule has 29 heavy (non-hydrogen) atoms. The van der Waals surface area contributed by atoms with Gasteiger partial charge in [-0.1, -0.05) is 24.3 Å². The van der Waals surface area contributed by atoms with Crippen molar-refractivity contribution in [2.75, 3.05) is 12.1 Å². The zero-order chi connectivity index (χ0) is 20.8. The third-order valence-corrected chi connectivity index (χ3v) is 6.20. The van der Waals surface area contributed by atoms with Gasteiger partial charge in [0.15, 0.2) is 0 Å². The highest BCUT2D eigenvalue weighted by molar-refractivity contribution is 8.00. The summed E-state index contributed by atoms with van der Waals surface area (Å²) in [6.07, 6.45) is -1.18. The molecule has 0 saturated carbocycles. The van der Waals surface area contributed by atoms with E-state index in [9.17, 15) is 13.0 Å². The Hall–Kier alpha value is -2.43. The zero-order valence-electron chi connectivity index (χ0n) is 15.5. The second-order valence-corrected chi connectivity index (χ2v) is 8.26. The quantitative estimate of drug-likeness (QED) is 0.272. The van der Waals surface area contributed by atoms with E-state index in [0.29, 0.717) is 18.0 Å². The van der Waals surface area contributed by atoms with E-state index in [4.69, 9.17) is 4.42 Å². The summed E-state index contributed by atoms with van der Waals surface area (Å²) in [5, 5.41) is 6.96. The van der Waals surface area contributed by atoms with E-state index < -0.39 is 23.3 Å². The lowest BCUT2D eigenvalue weighted by Gasteiger charge is -2.19. The van der Waals surface area contributed by atoms with Crippen LogP contribution in [0.3, 0.4) is 0 Å². The number of thioether (sulfide) groups is 1. The molecule has 0 spiro atoms. The van der Waals surface area contributed by atoms with Crippen LogP contribution in [0.1, 0.15) is 17.9 Å². The highest BCUT2D eigenvalue weighted by Crippen LogP contribution is 2.30. The minimum Gasteiger partial charge on any atom is -0.415 e. The molecule has 10 heteroatoms. The van der Waals surface area contributed by atoms with Crippen LogP contribution in [0.15, 0.2) is 62.8 Å². The lowest BCUT2D eigenvalue weighted by Crippen LogP contribution is -2.24. The predicted octanol–water partition coefficient (Wildman–Crippen LogP) is 4.85. The first-order chi connectivity index (χ1) is 14.0. The topological polar surface area (TPSA) is 71.6 Å². The molecule has 0 aliphatic heterocycles. The Morgan fingerprint density at radius 1 is 1.21 bits per heavy atom. The third kappa shape index (κ3) is 5.55. The summed E-state index contributed by atoms with van der Waals surface area (Å²) in [6, 6.07) is 14.7. The first-order valence-electron chi connectivity index (χ1n) is 8.46. The van der Waals surface area contributed by atoms with Crippen LogP contribution >= 0.6 is 11.8 Å². The highest BCUT2D eigenvalue weighted by Gasteiger charge is 2.17. The first-order valence-corrected chi connectivity index (χ1v) is 11.0. The molecule has 0 fully saturated rings. The molecule has 0 aliphatic carbocycles. The summed E-state index contributed by atoms with van der Waals surface area (Å²) >= 11 is 1.53. The van der Waals surface area contributed by atoms with Crippen LogP contribution in [0.5, 0.6) is 0 Å². The number of halogens is 2. The molecule has 1 unspecified atom stereocenters. The number of rotatable bonds is 9. The molecule has 1 heterocycles. The second kappa shape index (κ2) is 9.86. The van der Waals surface area contributed by atoms with Gasteiger partial charge in [-0.15, -0.1) is 22.0 Å². The number of hydrogen-bond donors (Lipinski definition) is 0. The van der Waals surface area contributed by atoms with Crippen molar-refractivity contribution in [2.45, 2.75) is 17.9 Å². The van der Waals surface area contributed by atoms with Crippen molar-refractivity contribution in [3.8, 4) is 11.5 Å². The van der Waals surface area contributed by atoms with E-state index in [1.807, 2.05) is 36.4 Å². The molecule has 0 saturated heterocycles. The Morgan fingerprint density at radius 3 is 2.55 bits per heavy atom. The summed E-state index contributed by atoms with van der Waals surface area (Å²) in [5.74, 6) is -0.173. The summed E-state index contributed by atoms with van der Waals surface area (Å²) in [6.45, 7) is 4.02. The number of nitrogens with zero attached hydrogens (tertiary/aromatic N) is 4. The lowest BCUT2D eigenvalue weighted by atomic mass is 10.1. The minimum atomic E-state index is -2.80. The van der Waals surface area contributed by atoms with E-state index in [2.05, 4.69) is 21.9 Å². The monoisotopic (exact) mass is 436 g/mol. The van der Waals surface area contributed by atoms with Crippen LogP contribution in [0, 0.1) is 0 Å². The van der Waals surface area contributed by atoms with Crippen LogP contribution in [0.25, 0.3) is 11.5 Å². The molecule has 152 valence electrons. The van der Waals surface area contributed by atoms with Gasteiger partial charge < -0.3 is 4.42 Å². The van der Waals surface area contributed by atoms with Crippen molar-refractivity contribution in [1.82, 2.24) is 14.5 Å². The Morgan fingerprint density at radius 2 is 1.93 bits per heavy atom. The largest absolute Gasteiger partial charge is 0.415 e. The number of alkyl halides is 2. The third-order valence-electron chi connectivity index (χ3n) is 3.95. The van der Waals surface area contributed by atoms with Gasteiger partial charge >= 0.3 is 6.43 Å². The van der Waals surface area contributed by atoms with Gasteiger partial charge in [0.25, 0.3) is 5.89 Å². The molecule has 1 aromatic heterocycles. The Kier molecular flexibility index (Phi) is 7.24. The van der Waals surface area contributed by atoms with E-state index in [0.717, 1.165) is 16.1 Å². The summed E-state index contributed by atoms with van der Waals surface area (Å²) < 4.78 is 44.1. The molecule has 6 nitrogen and oxygen atoms in total. The molecule has 3 rings (SSSR count). The SMILES string of the molecule is C=Nc1ccccc1SCN(Cc1ccc(-c2nnc(C(F)F)o2)cc1)S(C)=O. The highest BCUT2D eigenvalue weighted by atomic mass is 32.2. The van der Waals surface area contributed by atoms with E-state index in [1.54, 1.807) is 22.7 Å². The average Bonchev–Trinajstić information content (AvgIpc) is 3.22. The average molecular weight is 437 g/mol. The van der Waals surface area contributed by atoms with Crippen molar-refractivity contribution in [1.29, 1.82) is 0 Å². The van der Waals surface area contributed by atoms with Crippen molar-refractivity contribution in [3.63, 3.8) is 0 Å². The van der Waals surface area contributed by atoms with Crippen molar-refractivity contribution >= 4 is 35.2 Å². The van der Waals surface area contributed by atoms with Crippen molar-refractivity contribution in [3.05, 3.63) is 60.0 Å². The van der Waals surface area contributed by atoms with Gasteiger partial charge in [-0.3, -0.25) is 4.99 Å². The van der Waals surface area contributed by atoms with Crippen LogP contribution < -0.4 is 0 Å². The van der Waals surface area contributed by atoms with E-state index >= 15 is 0 Å². The van der Waals surface area contributed by atoms with Gasteiger partial charge in [0, 0.05) is 23.3 Å². The Balaban J connectivity index is 1.67. The molecule has 2 aromatic carbocycles. The fourth-order valence-corrected chi connectivity index (χ4v) is 4.37. The maximum Gasteiger partial charge on any atom is 0.314 e. The smallest absolute Gasteiger partial charge is 0.314 e. The van der Waals surface area contributed by atoms with Gasteiger partial charge in [0.1, 0.15) is 0 Å². The standard InChI is InChI=1S/C19H18F2N4O2S2/c1-22-15-5-3-4-6-16(15)28-12-25(29(2)26)11-13-7-9-14(10-8-13)18-23-24-19(27-18)17(20)21/h3-10,17H,1,11-12H2,2H3. The van der Waals surface area contributed by atoms with Gasteiger partial charge in [0.2, 0.25) is 5.89 Å². The molecule has 0 N–H and O–H groups in total. The number of para-hydroxylation sites is 1. The number of benzene rings is 2. The number of hydrogen-bond acceptors (Lipinski definition) is 6. The molecule has 0 radical (unpaired) electrons. The second-order valence-electron chi connectivity index (χ2n) is 5.91. The molecule has 0 bridgehead atoms. The summed E-state index contributed by atoms with van der Waals surface area (Å²) in [7, 11) is -1.19. The number of aromatic nitrogens is 2. The molecule has 1 atom stereocenters. The fraction of sp³-hybridized carbons (Fsp3) is 0.211. The van der Waals surface area contributed by atoms with E-state index in [1.165, 1.54) is 11.8 Å². The van der Waals surface area contributed by atoms with Crippen molar-refractivity contribution in [2.24, 2.45) is 4.99 Å².